The molecule has 49 heavy (non-hydrogen) atoms. The van der Waals surface area contributed by atoms with Gasteiger partial charge in [-0.1, -0.05) is 84.9 Å². The summed E-state index contributed by atoms with van der Waals surface area (Å²) in [7, 11) is 0. The molecular formula is C42H29N7. The minimum atomic E-state index is 0.719. The molecule has 5 aromatic carbocycles. The molecule has 0 spiro atoms. The SMILES string of the molecule is c1ccc(-c2nnc(-c3ccncc3)n2-c2ccc(N(c3ccccc3)c3ccc(-n4c5ccccc5c5ccccc54)cc3)nc2)cc1. The third-order valence-corrected chi connectivity index (χ3v) is 8.81. The minimum absolute atomic E-state index is 0.719. The molecule has 0 saturated heterocycles. The number of para-hydroxylation sites is 3. The molecule has 232 valence electrons. The molecule has 0 saturated carbocycles. The van der Waals surface area contributed by atoms with Gasteiger partial charge in [-0.3, -0.25) is 14.5 Å². The Labute approximate surface area is 283 Å². The Hall–Kier alpha value is -6.86. The first kappa shape index (κ1) is 28.4. The molecule has 0 atom stereocenters. The lowest BCUT2D eigenvalue weighted by Crippen LogP contribution is -2.12. The van der Waals surface area contributed by atoms with Crippen molar-refractivity contribution in [3.8, 4) is 34.2 Å². The molecule has 0 aliphatic carbocycles. The van der Waals surface area contributed by atoms with Gasteiger partial charge in [0.1, 0.15) is 5.82 Å². The van der Waals surface area contributed by atoms with Crippen LogP contribution in [0.5, 0.6) is 0 Å². The number of aromatic nitrogens is 6. The summed E-state index contributed by atoms with van der Waals surface area (Å²) in [4.78, 5) is 11.4. The van der Waals surface area contributed by atoms with Crippen LogP contribution in [0.4, 0.5) is 17.2 Å². The van der Waals surface area contributed by atoms with Crippen LogP contribution >= 0.6 is 0 Å². The Morgan fingerprint density at radius 3 is 1.57 bits per heavy atom. The third-order valence-electron chi connectivity index (χ3n) is 8.81. The predicted octanol–water partition coefficient (Wildman–Crippen LogP) is 9.96. The van der Waals surface area contributed by atoms with Crippen molar-refractivity contribution in [1.29, 1.82) is 0 Å². The van der Waals surface area contributed by atoms with E-state index in [0.29, 0.717) is 0 Å². The van der Waals surface area contributed by atoms with Gasteiger partial charge in [-0.05, 0) is 72.8 Å². The number of anilines is 3. The van der Waals surface area contributed by atoms with Crippen LogP contribution in [0.2, 0.25) is 0 Å². The fraction of sp³-hybridized carbons (Fsp3) is 0. The first-order chi connectivity index (χ1) is 24.3. The summed E-state index contributed by atoms with van der Waals surface area (Å²) in [6.07, 6.45) is 5.42. The lowest BCUT2D eigenvalue weighted by molar-refractivity contribution is 1.04. The van der Waals surface area contributed by atoms with Crippen molar-refractivity contribution in [1.82, 2.24) is 29.3 Å². The smallest absolute Gasteiger partial charge is 0.169 e. The van der Waals surface area contributed by atoms with E-state index in [-0.39, 0.29) is 0 Å². The van der Waals surface area contributed by atoms with E-state index >= 15 is 0 Å². The van der Waals surface area contributed by atoms with E-state index in [0.717, 1.165) is 51.3 Å². The summed E-state index contributed by atoms with van der Waals surface area (Å²) in [6.45, 7) is 0. The summed E-state index contributed by atoms with van der Waals surface area (Å²) < 4.78 is 4.38. The normalized spacial score (nSPS) is 11.3. The molecule has 0 amide bonds. The maximum absolute atomic E-state index is 5.04. The number of fused-ring (bicyclic) bond motifs is 3. The molecule has 4 aromatic heterocycles. The number of hydrogen-bond acceptors (Lipinski definition) is 5. The molecule has 0 fully saturated rings. The van der Waals surface area contributed by atoms with Crippen LogP contribution in [0.15, 0.2) is 176 Å². The zero-order valence-corrected chi connectivity index (χ0v) is 26.4. The topological polar surface area (TPSA) is 64.7 Å². The van der Waals surface area contributed by atoms with Crippen LogP contribution < -0.4 is 4.90 Å². The van der Waals surface area contributed by atoms with Crippen LogP contribution in [0.25, 0.3) is 56.0 Å². The molecule has 7 nitrogen and oxygen atoms in total. The van der Waals surface area contributed by atoms with Gasteiger partial charge < -0.3 is 4.57 Å². The van der Waals surface area contributed by atoms with Crippen molar-refractivity contribution >= 4 is 39.0 Å². The average molecular weight is 632 g/mol. The summed E-state index contributed by atoms with van der Waals surface area (Å²) >= 11 is 0. The Morgan fingerprint density at radius 1 is 0.429 bits per heavy atom. The summed E-state index contributed by atoms with van der Waals surface area (Å²) in [6, 6.07) is 54.3. The van der Waals surface area contributed by atoms with Crippen molar-refractivity contribution in [3.05, 3.63) is 176 Å². The summed E-state index contributed by atoms with van der Waals surface area (Å²) in [5.74, 6) is 2.25. The van der Waals surface area contributed by atoms with Crippen molar-refractivity contribution in [2.45, 2.75) is 0 Å². The number of hydrogen-bond donors (Lipinski definition) is 0. The van der Waals surface area contributed by atoms with Crippen LogP contribution in [-0.4, -0.2) is 29.3 Å². The van der Waals surface area contributed by atoms with Gasteiger partial charge in [0.05, 0.1) is 22.9 Å². The molecule has 7 heteroatoms. The Balaban J connectivity index is 1.13. The third kappa shape index (κ3) is 5.01. The van der Waals surface area contributed by atoms with Crippen molar-refractivity contribution < 1.29 is 0 Å². The molecular weight excluding hydrogens is 603 g/mol. The second-order valence-corrected chi connectivity index (χ2v) is 11.7. The maximum Gasteiger partial charge on any atom is 0.169 e. The Kier molecular flexibility index (Phi) is 6.98. The molecule has 9 aromatic rings. The molecule has 4 heterocycles. The summed E-state index contributed by atoms with van der Waals surface area (Å²) in [5, 5.41) is 11.7. The van der Waals surface area contributed by atoms with Gasteiger partial charge in [-0.2, -0.15) is 0 Å². The van der Waals surface area contributed by atoms with Gasteiger partial charge in [-0.25, -0.2) is 4.98 Å². The quantitative estimate of drug-likeness (QED) is 0.175. The number of nitrogens with zero attached hydrogens (tertiary/aromatic N) is 7. The molecule has 0 unspecified atom stereocenters. The van der Waals surface area contributed by atoms with Crippen molar-refractivity contribution in [2.75, 3.05) is 4.90 Å². The molecule has 0 aliphatic heterocycles. The monoisotopic (exact) mass is 631 g/mol. The van der Waals surface area contributed by atoms with Crippen LogP contribution in [0.1, 0.15) is 0 Å². The first-order valence-electron chi connectivity index (χ1n) is 16.1. The van der Waals surface area contributed by atoms with Crippen LogP contribution in [0, 0.1) is 0 Å². The predicted molar refractivity (Wildman–Crippen MR) is 197 cm³/mol. The maximum atomic E-state index is 5.04. The highest BCUT2D eigenvalue weighted by Crippen LogP contribution is 2.37. The van der Waals surface area contributed by atoms with Gasteiger partial charge >= 0.3 is 0 Å². The zero-order chi connectivity index (χ0) is 32.6. The second-order valence-electron chi connectivity index (χ2n) is 11.7. The highest BCUT2D eigenvalue weighted by atomic mass is 15.3. The van der Waals surface area contributed by atoms with E-state index in [9.17, 15) is 0 Å². The second kappa shape index (κ2) is 12.1. The molecule has 0 bridgehead atoms. The van der Waals surface area contributed by atoms with Crippen molar-refractivity contribution in [3.63, 3.8) is 0 Å². The van der Waals surface area contributed by atoms with E-state index < -0.39 is 0 Å². The molecule has 0 N–H and O–H groups in total. The van der Waals surface area contributed by atoms with Crippen LogP contribution in [0.3, 0.4) is 0 Å². The van der Waals surface area contributed by atoms with E-state index in [1.54, 1.807) is 12.4 Å². The first-order valence-corrected chi connectivity index (χ1v) is 16.1. The van der Waals surface area contributed by atoms with Gasteiger partial charge in [0.15, 0.2) is 11.6 Å². The van der Waals surface area contributed by atoms with E-state index in [4.69, 9.17) is 4.98 Å². The van der Waals surface area contributed by atoms with E-state index in [2.05, 4.69) is 120 Å². The lowest BCUT2D eigenvalue weighted by Gasteiger charge is -2.25. The zero-order valence-electron chi connectivity index (χ0n) is 26.4. The fourth-order valence-electron chi connectivity index (χ4n) is 6.58. The van der Waals surface area contributed by atoms with Crippen molar-refractivity contribution in [2.24, 2.45) is 0 Å². The molecule has 9 rings (SSSR count). The fourth-order valence-corrected chi connectivity index (χ4v) is 6.58. The number of pyridine rings is 2. The number of rotatable bonds is 7. The van der Waals surface area contributed by atoms with Gasteiger partial charge in [0.2, 0.25) is 0 Å². The Bertz CT molecular complexity index is 2410. The Morgan fingerprint density at radius 2 is 0.959 bits per heavy atom. The van der Waals surface area contributed by atoms with Gasteiger partial charge in [0, 0.05) is 51.4 Å². The minimum Gasteiger partial charge on any atom is -0.309 e. The lowest BCUT2D eigenvalue weighted by atomic mass is 10.2. The summed E-state index contributed by atoms with van der Waals surface area (Å²) in [5.41, 5.74) is 8.22. The average Bonchev–Trinajstić information content (AvgIpc) is 3.77. The molecule has 0 radical (unpaired) electrons. The van der Waals surface area contributed by atoms with Gasteiger partial charge in [-0.15, -0.1) is 10.2 Å². The van der Waals surface area contributed by atoms with Gasteiger partial charge in [0.25, 0.3) is 0 Å². The van der Waals surface area contributed by atoms with E-state index in [1.807, 2.05) is 72.9 Å². The number of benzene rings is 5. The highest BCUT2D eigenvalue weighted by molar-refractivity contribution is 6.09. The van der Waals surface area contributed by atoms with Crippen LogP contribution in [-0.2, 0) is 0 Å². The standard InChI is InChI=1S/C42H29N7/c1-3-11-30(12-4-1)41-45-46-42(31-25-27-43-28-26-31)49(41)35-23-24-40(44-29-35)47(32-13-5-2-6-14-32)33-19-21-34(22-20-33)48-38-17-9-7-15-36(38)37-16-8-10-18-39(37)48/h1-29H. The largest absolute Gasteiger partial charge is 0.309 e. The highest BCUT2D eigenvalue weighted by Gasteiger charge is 2.20. The molecule has 0 aliphatic rings. The van der Waals surface area contributed by atoms with E-state index in [1.165, 1.54) is 21.8 Å².